The van der Waals surface area contributed by atoms with Crippen molar-refractivity contribution >= 4 is 0 Å². The summed E-state index contributed by atoms with van der Waals surface area (Å²) in [5.74, 6) is 0. The Morgan fingerprint density at radius 2 is 0.818 bits per heavy atom. The van der Waals surface area contributed by atoms with Crippen LogP contribution in [0.3, 0.4) is 0 Å². The van der Waals surface area contributed by atoms with E-state index in [1.54, 1.807) is 0 Å². The van der Waals surface area contributed by atoms with Crippen LogP contribution in [0.1, 0.15) is 0 Å². The summed E-state index contributed by atoms with van der Waals surface area (Å²) >= 11 is -2.51. The molecule has 0 amide bonds. The first-order valence-corrected chi connectivity index (χ1v) is 4.90. The van der Waals surface area contributed by atoms with Crippen molar-refractivity contribution in [3.63, 3.8) is 0 Å². The Labute approximate surface area is 73.2 Å². The van der Waals surface area contributed by atoms with E-state index in [1.807, 2.05) is 0 Å². The van der Waals surface area contributed by atoms with Gasteiger partial charge in [-0.2, -0.15) is 0 Å². The zero-order valence-corrected chi connectivity index (χ0v) is 8.82. The first-order chi connectivity index (χ1) is 4.88. The Hall–Kier alpha value is -0.948. The van der Waals surface area contributed by atoms with E-state index in [0.717, 1.165) is 0 Å². The van der Waals surface area contributed by atoms with Crippen LogP contribution in [-0.4, -0.2) is 10.2 Å². The molecular formula is N2O8U. The van der Waals surface area contributed by atoms with Crippen LogP contribution < -0.4 is 0 Å². The summed E-state index contributed by atoms with van der Waals surface area (Å²) in [5.41, 5.74) is 0. The van der Waals surface area contributed by atoms with Crippen molar-refractivity contribution in [2.45, 2.75) is 0 Å². The molecule has 0 saturated carbocycles. The predicted molar refractivity (Wildman–Crippen MR) is 22.1 cm³/mol. The van der Waals surface area contributed by atoms with Gasteiger partial charge < -0.3 is 30.6 Å². The van der Waals surface area contributed by atoms with Gasteiger partial charge in [-0.25, -0.2) is 0 Å². The molecule has 0 rings (SSSR count). The second kappa shape index (κ2) is 16.0. The van der Waals surface area contributed by atoms with Gasteiger partial charge in [-0.1, -0.05) is 0 Å². The van der Waals surface area contributed by atoms with Crippen LogP contribution in [0.25, 0.3) is 0 Å². The number of hydrogen-bond acceptors (Lipinski definition) is 8. The topological polar surface area (TPSA) is 167 Å². The molecule has 0 aliphatic carbocycles. The molecule has 0 fully saturated rings. The first-order valence-electron chi connectivity index (χ1n) is 1.50. The monoisotopic (exact) mass is 394 g/mol. The number of nitrogens with zero attached hydrogens (tertiary/aromatic N) is 2. The van der Waals surface area contributed by atoms with Gasteiger partial charge in [0.15, 0.2) is 0 Å². The second-order valence-corrected chi connectivity index (χ2v) is 1.22. The molecule has 0 aromatic carbocycles. The summed E-state index contributed by atoms with van der Waals surface area (Å²) < 4.78 is 17.2. The number of rotatable bonds is 0. The fraction of sp³-hybridized carbons (Fsp3) is 0. The van der Waals surface area contributed by atoms with Crippen molar-refractivity contribution in [3.05, 3.63) is 30.6 Å². The Kier molecular flexibility index (Phi) is 24.1. The molecule has 0 aliphatic heterocycles. The van der Waals surface area contributed by atoms with Gasteiger partial charge in [-0.3, -0.25) is 0 Å². The van der Waals surface area contributed by atoms with Crippen LogP contribution in [0.15, 0.2) is 0 Å². The summed E-state index contributed by atoms with van der Waals surface area (Å²) in [4.78, 5) is 16.5. The molecule has 0 N–H and O–H groups in total. The molecule has 0 radical (unpaired) electrons. The zero-order valence-electron chi connectivity index (χ0n) is 4.66. The van der Waals surface area contributed by atoms with E-state index in [9.17, 15) is 0 Å². The Balaban J connectivity index is -0.0000000886. The third-order valence-electron chi connectivity index (χ3n) is 0. The van der Waals surface area contributed by atoms with Crippen molar-refractivity contribution in [2.24, 2.45) is 0 Å². The minimum atomic E-state index is -2.51. The summed E-state index contributed by atoms with van der Waals surface area (Å²) in [6.07, 6.45) is 0. The predicted octanol–water partition coefficient (Wildman–Crippen LogP) is -0.716. The number of hydrogen-bond donors (Lipinski definition) is 0. The fourth-order valence-corrected chi connectivity index (χ4v) is 0. The van der Waals surface area contributed by atoms with E-state index >= 15 is 0 Å². The quantitative estimate of drug-likeness (QED) is 0.383. The molecule has 11 heavy (non-hydrogen) atoms. The van der Waals surface area contributed by atoms with Gasteiger partial charge in [-0.05, 0) is 0 Å². The minimum absolute atomic E-state index is 1.75. The molecule has 0 atom stereocenters. The SMILES string of the molecule is O=[N+]([O-])[O-].O=[N+]([O-])[O-].[O]=[U+2]=[O]. The standard InChI is InChI=1S/2NO3.2O.U/c2*2-1(3)4;;;/q2*-1;;;+2. The normalized spacial score (nSPS) is 5.09. The van der Waals surface area contributed by atoms with Crippen LogP contribution in [-0.2, 0) is 4.47 Å². The van der Waals surface area contributed by atoms with E-state index in [0.29, 0.717) is 0 Å². The molecule has 0 spiro atoms. The van der Waals surface area contributed by atoms with E-state index in [4.69, 9.17) is 35.1 Å². The van der Waals surface area contributed by atoms with Crippen molar-refractivity contribution < 1.29 is 42.5 Å². The van der Waals surface area contributed by atoms with Gasteiger partial charge in [0, 0.05) is 0 Å². The molecule has 11 heteroatoms. The van der Waals surface area contributed by atoms with E-state index in [-0.39, 0.29) is 0 Å². The van der Waals surface area contributed by atoms with Crippen molar-refractivity contribution in [1.29, 1.82) is 0 Å². The van der Waals surface area contributed by atoms with Crippen molar-refractivity contribution in [3.8, 4) is 0 Å². The molecule has 10 nitrogen and oxygen atoms in total. The van der Waals surface area contributed by atoms with Gasteiger partial charge >= 0.3 is 32.3 Å². The van der Waals surface area contributed by atoms with Gasteiger partial charge in [0.1, 0.15) is 0 Å². The third-order valence-corrected chi connectivity index (χ3v) is 0. The molecule has 0 aromatic rings. The molecule has 0 aromatic heterocycles. The molecule has 0 aliphatic rings. The molecular weight excluding hydrogens is 394 g/mol. The fourth-order valence-electron chi connectivity index (χ4n) is 0. The Bertz CT molecular complexity index is 124. The van der Waals surface area contributed by atoms with E-state index in [2.05, 4.69) is 0 Å². The van der Waals surface area contributed by atoms with Gasteiger partial charge in [0.05, 0.1) is 10.2 Å². The second-order valence-electron chi connectivity index (χ2n) is 0.531. The average Bonchev–Trinajstić information content (AvgIpc) is 1.60. The van der Waals surface area contributed by atoms with Crippen LogP contribution in [0, 0.1) is 58.5 Å². The summed E-state index contributed by atoms with van der Waals surface area (Å²) in [6, 6.07) is 0. The maximum absolute atomic E-state index is 8.58. The molecule has 0 heterocycles. The summed E-state index contributed by atoms with van der Waals surface area (Å²) in [6.45, 7) is 0. The van der Waals surface area contributed by atoms with Crippen LogP contribution in [0.5, 0.6) is 0 Å². The molecule has 0 saturated heterocycles. The van der Waals surface area contributed by atoms with Gasteiger partial charge in [0.25, 0.3) is 0 Å². The summed E-state index contributed by atoms with van der Waals surface area (Å²) in [5, 5.41) is 29.5. The van der Waals surface area contributed by atoms with Gasteiger partial charge in [0.2, 0.25) is 0 Å². The average molecular weight is 394 g/mol. The Morgan fingerprint density at radius 1 is 0.818 bits per heavy atom. The van der Waals surface area contributed by atoms with Crippen LogP contribution >= 0.6 is 0 Å². The molecule has 62 valence electrons. The third kappa shape index (κ3) is 501. The maximum atomic E-state index is 8.58. The first kappa shape index (κ1) is 16.6. The van der Waals surface area contributed by atoms with Crippen LogP contribution in [0.2, 0.25) is 0 Å². The van der Waals surface area contributed by atoms with Crippen molar-refractivity contribution in [1.82, 2.24) is 0 Å². The molecule has 0 bridgehead atoms. The zero-order chi connectivity index (χ0) is 9.86. The van der Waals surface area contributed by atoms with Crippen LogP contribution in [0.4, 0.5) is 0 Å². The van der Waals surface area contributed by atoms with E-state index in [1.165, 1.54) is 0 Å². The van der Waals surface area contributed by atoms with Gasteiger partial charge in [-0.15, -0.1) is 0 Å². The van der Waals surface area contributed by atoms with E-state index < -0.39 is 38.0 Å². The summed E-state index contributed by atoms with van der Waals surface area (Å²) in [7, 11) is 0. The Morgan fingerprint density at radius 3 is 0.818 bits per heavy atom. The molecule has 0 unspecified atom stereocenters. The van der Waals surface area contributed by atoms with Crippen molar-refractivity contribution in [2.75, 3.05) is 0 Å².